The molecule has 0 spiro atoms. The summed E-state index contributed by atoms with van der Waals surface area (Å²) >= 11 is 1.67. The van der Waals surface area contributed by atoms with E-state index in [1.807, 2.05) is 0 Å². The number of aromatic nitrogens is 1. The Bertz CT molecular complexity index is 512. The largest absolute Gasteiger partial charge is 0.379 e. The highest BCUT2D eigenvalue weighted by atomic mass is 32.1. The molecular formula is C19H36N4O2S. The fraction of sp³-hybridized carbons (Fsp3) is 0.789. The molecule has 26 heavy (non-hydrogen) atoms. The van der Waals surface area contributed by atoms with Crippen LogP contribution in [-0.4, -0.2) is 50.5 Å². The molecule has 6 nitrogen and oxygen atoms in total. The average Bonchev–Trinajstić information content (AvgIpc) is 3.07. The molecule has 0 aliphatic heterocycles. The quantitative estimate of drug-likeness (QED) is 0.329. The first kappa shape index (κ1) is 22.9. The van der Waals surface area contributed by atoms with Gasteiger partial charge in [-0.05, 0) is 13.3 Å². The van der Waals surface area contributed by atoms with Crippen LogP contribution in [0.3, 0.4) is 0 Å². The Morgan fingerprint density at radius 1 is 1.12 bits per heavy atom. The van der Waals surface area contributed by atoms with Crippen molar-refractivity contribution >= 4 is 17.3 Å². The second-order valence-corrected chi connectivity index (χ2v) is 8.02. The molecule has 0 bridgehead atoms. The number of nitrogens with one attached hydrogen (secondary N) is 2. The van der Waals surface area contributed by atoms with Crippen molar-refractivity contribution in [2.45, 2.75) is 59.4 Å². The molecular weight excluding hydrogens is 348 g/mol. The smallest absolute Gasteiger partial charge is 0.191 e. The molecule has 0 fully saturated rings. The molecule has 0 saturated carbocycles. The van der Waals surface area contributed by atoms with Gasteiger partial charge < -0.3 is 20.1 Å². The molecule has 2 N–H and O–H groups in total. The van der Waals surface area contributed by atoms with E-state index < -0.39 is 0 Å². The van der Waals surface area contributed by atoms with Crippen molar-refractivity contribution in [3.05, 3.63) is 16.1 Å². The molecule has 0 unspecified atom stereocenters. The van der Waals surface area contributed by atoms with Crippen LogP contribution in [0.2, 0.25) is 0 Å². The molecule has 0 aromatic carbocycles. The summed E-state index contributed by atoms with van der Waals surface area (Å²) in [6, 6.07) is 0. The van der Waals surface area contributed by atoms with Gasteiger partial charge in [-0.25, -0.2) is 9.98 Å². The summed E-state index contributed by atoms with van der Waals surface area (Å²) in [6.45, 7) is 15.6. The van der Waals surface area contributed by atoms with E-state index in [2.05, 4.69) is 60.6 Å². The molecule has 7 heteroatoms. The predicted molar refractivity (Wildman–Crippen MR) is 110 cm³/mol. The highest BCUT2D eigenvalue weighted by molar-refractivity contribution is 7.09. The summed E-state index contributed by atoms with van der Waals surface area (Å²) in [6.07, 6.45) is 2.27. The van der Waals surface area contributed by atoms with Crippen molar-refractivity contribution in [1.29, 1.82) is 0 Å². The monoisotopic (exact) mass is 384 g/mol. The van der Waals surface area contributed by atoms with Crippen LogP contribution >= 0.6 is 11.3 Å². The zero-order valence-electron chi connectivity index (χ0n) is 17.1. The molecule has 1 aromatic heterocycles. The van der Waals surface area contributed by atoms with Crippen LogP contribution in [0, 0.1) is 0 Å². The molecule has 1 heterocycles. The van der Waals surface area contributed by atoms with E-state index >= 15 is 0 Å². The second kappa shape index (κ2) is 13.1. The zero-order valence-corrected chi connectivity index (χ0v) is 17.9. The lowest BCUT2D eigenvalue weighted by atomic mass is 9.93. The number of nitrogens with zero attached hydrogens (tertiary/aromatic N) is 2. The standard InChI is InChI=1S/C19H36N4O2S/c1-6-8-10-24-12-13-25-11-9-21-18(20-7-2)22-14-17-23-16(15-26-17)19(3,4)5/h15H,6-14H2,1-5H3,(H2,20,21,22). The topological polar surface area (TPSA) is 67.8 Å². The van der Waals surface area contributed by atoms with E-state index in [1.165, 1.54) is 0 Å². The summed E-state index contributed by atoms with van der Waals surface area (Å²) in [5.41, 5.74) is 1.21. The first-order valence-corrected chi connectivity index (χ1v) is 10.5. The lowest BCUT2D eigenvalue weighted by Crippen LogP contribution is -2.39. The van der Waals surface area contributed by atoms with E-state index in [9.17, 15) is 0 Å². The van der Waals surface area contributed by atoms with Crippen LogP contribution in [0.4, 0.5) is 0 Å². The molecule has 0 radical (unpaired) electrons. The van der Waals surface area contributed by atoms with E-state index in [-0.39, 0.29) is 5.41 Å². The van der Waals surface area contributed by atoms with Crippen LogP contribution in [0.15, 0.2) is 10.4 Å². The van der Waals surface area contributed by atoms with Gasteiger partial charge in [0.25, 0.3) is 0 Å². The number of rotatable bonds is 12. The summed E-state index contributed by atoms with van der Waals surface area (Å²) < 4.78 is 11.0. The van der Waals surface area contributed by atoms with Crippen LogP contribution < -0.4 is 10.6 Å². The van der Waals surface area contributed by atoms with Gasteiger partial charge >= 0.3 is 0 Å². The van der Waals surface area contributed by atoms with E-state index in [0.29, 0.717) is 32.9 Å². The van der Waals surface area contributed by atoms with Crippen LogP contribution in [0.1, 0.15) is 58.2 Å². The first-order chi connectivity index (χ1) is 12.5. The highest BCUT2D eigenvalue weighted by Gasteiger charge is 2.17. The van der Waals surface area contributed by atoms with E-state index in [0.717, 1.165) is 42.7 Å². The van der Waals surface area contributed by atoms with Gasteiger partial charge in [-0.15, -0.1) is 11.3 Å². The van der Waals surface area contributed by atoms with Crippen LogP contribution in [0.25, 0.3) is 0 Å². The fourth-order valence-corrected chi connectivity index (χ4v) is 2.97. The Hall–Kier alpha value is -1.18. The maximum Gasteiger partial charge on any atom is 0.191 e. The Labute approximate surface area is 162 Å². The summed E-state index contributed by atoms with van der Waals surface area (Å²) in [7, 11) is 0. The third-order valence-corrected chi connectivity index (χ3v) is 4.42. The van der Waals surface area contributed by atoms with Gasteiger partial charge in [0.15, 0.2) is 5.96 Å². The fourth-order valence-electron chi connectivity index (χ4n) is 2.03. The predicted octanol–water partition coefficient (Wildman–Crippen LogP) is 3.33. The number of guanidine groups is 1. The molecule has 0 amide bonds. The van der Waals surface area contributed by atoms with Gasteiger partial charge in [0.1, 0.15) is 5.01 Å². The summed E-state index contributed by atoms with van der Waals surface area (Å²) in [5.74, 6) is 0.794. The van der Waals surface area contributed by atoms with Crippen LogP contribution in [0.5, 0.6) is 0 Å². The Kier molecular flexibility index (Phi) is 11.5. The minimum absolute atomic E-state index is 0.0821. The Balaban J connectivity index is 2.28. The highest BCUT2D eigenvalue weighted by Crippen LogP contribution is 2.24. The van der Waals surface area contributed by atoms with Crippen molar-refractivity contribution in [3.63, 3.8) is 0 Å². The third-order valence-electron chi connectivity index (χ3n) is 3.59. The lowest BCUT2D eigenvalue weighted by molar-refractivity contribution is 0.0487. The number of ether oxygens (including phenoxy) is 2. The van der Waals surface area contributed by atoms with Crippen molar-refractivity contribution in [1.82, 2.24) is 15.6 Å². The van der Waals surface area contributed by atoms with Gasteiger partial charge in [-0.3, -0.25) is 0 Å². The second-order valence-electron chi connectivity index (χ2n) is 7.08. The number of aliphatic imine (C=N–C) groups is 1. The lowest BCUT2D eigenvalue weighted by Gasteiger charge is -2.14. The maximum atomic E-state index is 5.57. The number of hydrogen-bond acceptors (Lipinski definition) is 5. The minimum atomic E-state index is 0.0821. The first-order valence-electron chi connectivity index (χ1n) is 9.60. The Morgan fingerprint density at radius 3 is 2.46 bits per heavy atom. The van der Waals surface area contributed by atoms with Crippen molar-refractivity contribution < 1.29 is 9.47 Å². The normalized spacial score (nSPS) is 12.4. The summed E-state index contributed by atoms with van der Waals surface area (Å²) in [4.78, 5) is 9.29. The third kappa shape index (κ3) is 10.1. The summed E-state index contributed by atoms with van der Waals surface area (Å²) in [5, 5.41) is 9.70. The van der Waals surface area contributed by atoms with Crippen molar-refractivity contribution in [2.75, 3.05) is 39.5 Å². The van der Waals surface area contributed by atoms with Gasteiger partial charge in [0.05, 0.1) is 32.1 Å². The zero-order chi connectivity index (χ0) is 19.3. The van der Waals surface area contributed by atoms with Gasteiger partial charge in [0.2, 0.25) is 0 Å². The molecule has 0 aliphatic rings. The molecule has 0 atom stereocenters. The van der Waals surface area contributed by atoms with E-state index in [1.54, 1.807) is 11.3 Å². The van der Waals surface area contributed by atoms with Gasteiger partial charge in [-0.2, -0.15) is 0 Å². The minimum Gasteiger partial charge on any atom is -0.379 e. The van der Waals surface area contributed by atoms with Crippen molar-refractivity contribution in [3.8, 4) is 0 Å². The number of unbranched alkanes of at least 4 members (excludes halogenated alkanes) is 1. The van der Waals surface area contributed by atoms with Crippen LogP contribution in [-0.2, 0) is 21.4 Å². The molecule has 1 rings (SSSR count). The maximum absolute atomic E-state index is 5.57. The van der Waals surface area contributed by atoms with Crippen molar-refractivity contribution in [2.24, 2.45) is 4.99 Å². The Morgan fingerprint density at radius 2 is 1.85 bits per heavy atom. The molecule has 1 aromatic rings. The van der Waals surface area contributed by atoms with E-state index in [4.69, 9.17) is 9.47 Å². The van der Waals surface area contributed by atoms with Gasteiger partial charge in [-0.1, -0.05) is 34.1 Å². The SMILES string of the molecule is CCCCOCCOCCNC(=NCc1nc(C(C)(C)C)cs1)NCC. The molecule has 0 aliphatic carbocycles. The molecule has 0 saturated heterocycles. The number of thiazole rings is 1. The number of hydrogen-bond donors (Lipinski definition) is 2. The molecule has 150 valence electrons. The van der Waals surface area contributed by atoms with Gasteiger partial charge in [0, 0.05) is 30.5 Å². The average molecular weight is 385 g/mol.